The van der Waals surface area contributed by atoms with Crippen molar-refractivity contribution in [2.24, 2.45) is 7.05 Å². The fourth-order valence-corrected chi connectivity index (χ4v) is 2.76. The Balaban J connectivity index is 2.16. The minimum Gasteiger partial charge on any atom is -0.305 e. The van der Waals surface area contributed by atoms with E-state index in [1.54, 1.807) is 16.4 Å². The second kappa shape index (κ2) is 3.48. The van der Waals surface area contributed by atoms with Crippen LogP contribution in [0.5, 0.6) is 0 Å². The molecule has 3 rings (SSSR count). The maximum atomic E-state index is 11.8. The smallest absolute Gasteiger partial charge is 0.255 e. The summed E-state index contributed by atoms with van der Waals surface area (Å²) in [6.07, 6.45) is 1.83. The third-order valence-corrected chi connectivity index (χ3v) is 3.51. The van der Waals surface area contributed by atoms with Crippen molar-refractivity contribution in [3.63, 3.8) is 0 Å². The predicted molar refractivity (Wildman–Crippen MR) is 62.1 cm³/mol. The van der Waals surface area contributed by atoms with Crippen LogP contribution in [0.1, 0.15) is 11.3 Å². The summed E-state index contributed by atoms with van der Waals surface area (Å²) in [6.45, 7) is 0. The molecule has 1 aliphatic heterocycles. The van der Waals surface area contributed by atoms with Crippen molar-refractivity contribution in [2.75, 3.05) is 0 Å². The van der Waals surface area contributed by atoms with E-state index in [4.69, 9.17) is 0 Å². The number of nitrogens with zero attached hydrogens (tertiary/aromatic N) is 3. The fourth-order valence-electron chi connectivity index (χ4n) is 1.73. The molecule has 0 radical (unpaired) electrons. The molecule has 0 atom stereocenters. The second-order valence-electron chi connectivity index (χ2n) is 3.71. The first kappa shape index (κ1) is 9.65. The quantitative estimate of drug-likeness (QED) is 0.797. The molecule has 2 aromatic heterocycles. The summed E-state index contributed by atoms with van der Waals surface area (Å²) in [5.41, 5.74) is 2.38. The maximum Gasteiger partial charge on any atom is 0.255 e. The predicted octanol–water partition coefficient (Wildman–Crippen LogP) is 0.917. The molecule has 0 aliphatic carbocycles. The van der Waals surface area contributed by atoms with E-state index in [0.29, 0.717) is 11.5 Å². The Morgan fingerprint density at radius 1 is 1.50 bits per heavy atom. The third kappa shape index (κ3) is 1.46. The Hall–Kier alpha value is -1.56. The fraction of sp³-hybridized carbons (Fsp3) is 0.300. The molecule has 3 heterocycles. The molecule has 0 fully saturated rings. The van der Waals surface area contributed by atoms with Crippen LogP contribution in [-0.4, -0.2) is 19.7 Å². The summed E-state index contributed by atoms with van der Waals surface area (Å²) < 4.78 is 1.69. The Labute approximate surface area is 95.9 Å². The van der Waals surface area contributed by atoms with Gasteiger partial charge >= 0.3 is 0 Å². The zero-order chi connectivity index (χ0) is 11.1. The minimum absolute atomic E-state index is 0.0318. The Morgan fingerprint density at radius 2 is 2.38 bits per heavy atom. The molecule has 0 amide bonds. The molecule has 1 N–H and O–H groups in total. The zero-order valence-electron chi connectivity index (χ0n) is 8.73. The number of aromatic amines is 1. The van der Waals surface area contributed by atoms with Gasteiger partial charge in [-0.05, 0) is 6.07 Å². The van der Waals surface area contributed by atoms with Gasteiger partial charge in [0.1, 0.15) is 5.69 Å². The van der Waals surface area contributed by atoms with Gasteiger partial charge in [-0.3, -0.25) is 9.48 Å². The van der Waals surface area contributed by atoms with Gasteiger partial charge in [-0.15, -0.1) is 0 Å². The summed E-state index contributed by atoms with van der Waals surface area (Å²) in [6, 6.07) is 1.84. The Kier molecular flexibility index (Phi) is 2.10. The molecule has 0 unspecified atom stereocenters. The topological polar surface area (TPSA) is 63.6 Å². The number of hydrogen-bond acceptors (Lipinski definition) is 4. The van der Waals surface area contributed by atoms with Gasteiger partial charge in [-0.2, -0.15) is 16.9 Å². The van der Waals surface area contributed by atoms with E-state index in [1.165, 1.54) is 0 Å². The summed E-state index contributed by atoms with van der Waals surface area (Å²) in [4.78, 5) is 19.0. The number of nitrogens with one attached hydrogen (secondary N) is 1. The van der Waals surface area contributed by atoms with Crippen LogP contribution in [-0.2, 0) is 18.6 Å². The third-order valence-electron chi connectivity index (χ3n) is 2.54. The number of hydrogen-bond donors (Lipinski definition) is 1. The SMILES string of the molecule is Cn1ccc(-c2nc3c(c(=O)[nH]2)CSC3)n1. The van der Waals surface area contributed by atoms with Crippen LogP contribution < -0.4 is 5.56 Å². The monoisotopic (exact) mass is 234 g/mol. The second-order valence-corrected chi connectivity index (χ2v) is 4.69. The Bertz CT molecular complexity index is 601. The van der Waals surface area contributed by atoms with Gasteiger partial charge in [0, 0.05) is 30.3 Å². The van der Waals surface area contributed by atoms with E-state index in [9.17, 15) is 4.79 Å². The van der Waals surface area contributed by atoms with Gasteiger partial charge in [-0.1, -0.05) is 0 Å². The van der Waals surface area contributed by atoms with Crippen molar-refractivity contribution >= 4 is 11.8 Å². The van der Waals surface area contributed by atoms with E-state index in [1.807, 2.05) is 19.3 Å². The highest BCUT2D eigenvalue weighted by Gasteiger charge is 2.18. The van der Waals surface area contributed by atoms with Gasteiger partial charge in [0.05, 0.1) is 5.69 Å². The van der Waals surface area contributed by atoms with Gasteiger partial charge < -0.3 is 4.98 Å². The van der Waals surface area contributed by atoms with Gasteiger partial charge in [0.2, 0.25) is 0 Å². The molecule has 0 saturated carbocycles. The van der Waals surface area contributed by atoms with Crippen molar-refractivity contribution in [2.45, 2.75) is 11.5 Å². The van der Waals surface area contributed by atoms with E-state index < -0.39 is 0 Å². The highest BCUT2D eigenvalue weighted by molar-refractivity contribution is 7.98. The number of thioether (sulfide) groups is 1. The largest absolute Gasteiger partial charge is 0.305 e. The summed E-state index contributed by atoms with van der Waals surface area (Å²) in [5.74, 6) is 2.14. The lowest BCUT2D eigenvalue weighted by Crippen LogP contribution is -2.15. The minimum atomic E-state index is -0.0318. The number of fused-ring (bicyclic) bond motifs is 1. The molecular formula is C10H10N4OS. The first-order valence-electron chi connectivity index (χ1n) is 4.94. The zero-order valence-corrected chi connectivity index (χ0v) is 9.54. The summed E-state index contributed by atoms with van der Waals surface area (Å²) >= 11 is 1.72. The summed E-state index contributed by atoms with van der Waals surface area (Å²) in [7, 11) is 1.84. The van der Waals surface area contributed by atoms with Crippen molar-refractivity contribution in [3.05, 3.63) is 33.9 Å². The number of H-pyrrole nitrogens is 1. The molecule has 6 heteroatoms. The molecule has 5 nitrogen and oxygen atoms in total. The van der Waals surface area contributed by atoms with Crippen LogP contribution in [0.3, 0.4) is 0 Å². The number of aromatic nitrogens is 4. The molecular weight excluding hydrogens is 224 g/mol. The number of rotatable bonds is 1. The maximum absolute atomic E-state index is 11.8. The standard InChI is InChI=1S/C10H10N4OS/c1-14-3-2-7(13-14)9-11-8-5-16-4-6(8)10(15)12-9/h2-3H,4-5H2,1H3,(H,11,12,15). The van der Waals surface area contributed by atoms with E-state index in [0.717, 1.165) is 22.8 Å². The van der Waals surface area contributed by atoms with Gasteiger partial charge in [-0.25, -0.2) is 4.98 Å². The van der Waals surface area contributed by atoms with Crippen molar-refractivity contribution in [1.29, 1.82) is 0 Å². The van der Waals surface area contributed by atoms with Crippen LogP contribution in [0.4, 0.5) is 0 Å². The lowest BCUT2D eigenvalue weighted by molar-refractivity contribution is 0.768. The van der Waals surface area contributed by atoms with E-state index >= 15 is 0 Å². The van der Waals surface area contributed by atoms with Gasteiger partial charge in [0.25, 0.3) is 5.56 Å². The average Bonchev–Trinajstić information content (AvgIpc) is 2.85. The molecule has 0 saturated heterocycles. The Morgan fingerprint density at radius 3 is 3.12 bits per heavy atom. The lowest BCUT2D eigenvalue weighted by atomic mass is 10.2. The van der Waals surface area contributed by atoms with Crippen LogP contribution in [0.25, 0.3) is 11.5 Å². The average molecular weight is 234 g/mol. The van der Waals surface area contributed by atoms with Crippen LogP contribution in [0.2, 0.25) is 0 Å². The first-order chi connectivity index (χ1) is 7.74. The van der Waals surface area contributed by atoms with Gasteiger partial charge in [0.15, 0.2) is 5.82 Å². The highest BCUT2D eigenvalue weighted by atomic mass is 32.2. The number of aryl methyl sites for hydroxylation is 1. The molecule has 16 heavy (non-hydrogen) atoms. The highest BCUT2D eigenvalue weighted by Crippen LogP contribution is 2.26. The van der Waals surface area contributed by atoms with Crippen molar-refractivity contribution < 1.29 is 0 Å². The van der Waals surface area contributed by atoms with Crippen LogP contribution in [0, 0.1) is 0 Å². The van der Waals surface area contributed by atoms with E-state index in [-0.39, 0.29) is 5.56 Å². The van der Waals surface area contributed by atoms with Crippen molar-refractivity contribution in [3.8, 4) is 11.5 Å². The normalized spacial score (nSPS) is 14.1. The van der Waals surface area contributed by atoms with Crippen molar-refractivity contribution in [1.82, 2.24) is 19.7 Å². The van der Waals surface area contributed by atoms with Crippen LogP contribution >= 0.6 is 11.8 Å². The molecule has 1 aliphatic rings. The molecule has 0 spiro atoms. The lowest BCUT2D eigenvalue weighted by Gasteiger charge is -2.00. The van der Waals surface area contributed by atoms with E-state index in [2.05, 4.69) is 15.1 Å². The molecule has 82 valence electrons. The van der Waals surface area contributed by atoms with Crippen LogP contribution in [0.15, 0.2) is 17.1 Å². The molecule has 0 aromatic carbocycles. The first-order valence-corrected chi connectivity index (χ1v) is 6.09. The summed E-state index contributed by atoms with van der Waals surface area (Å²) in [5, 5.41) is 4.22. The molecule has 2 aromatic rings. The molecule has 0 bridgehead atoms.